The fourth-order valence-corrected chi connectivity index (χ4v) is 2.03. The molecule has 0 aromatic carbocycles. The van der Waals surface area contributed by atoms with E-state index in [1.807, 2.05) is 0 Å². The number of carbonyl (C=O) groups excluding carboxylic acids is 1. The number of oxime groups is 1. The number of rotatable bonds is 3. The predicted molar refractivity (Wildman–Crippen MR) is 57.8 cm³/mol. The molecule has 14 heavy (non-hydrogen) atoms. The summed E-state index contributed by atoms with van der Waals surface area (Å²) in [5.41, 5.74) is 5.18. The Bertz CT molecular complexity index is 364. The van der Waals surface area contributed by atoms with Crippen LogP contribution in [0.25, 0.3) is 0 Å². The first kappa shape index (κ1) is 11.0. The molecule has 1 amide bonds. The van der Waals surface area contributed by atoms with Crippen LogP contribution in [0.1, 0.15) is 9.67 Å². The number of amidine groups is 1. The van der Waals surface area contributed by atoms with Crippen molar-refractivity contribution in [2.45, 2.75) is 0 Å². The molecule has 0 radical (unpaired) electrons. The number of nitrogens with one attached hydrogen (secondary N) is 1. The summed E-state index contributed by atoms with van der Waals surface area (Å²) < 4.78 is 0.881. The van der Waals surface area contributed by atoms with Gasteiger partial charge in [-0.05, 0) is 28.1 Å². The molecule has 0 saturated carbocycles. The lowest BCUT2D eigenvalue weighted by Crippen LogP contribution is -2.33. The van der Waals surface area contributed by atoms with Gasteiger partial charge in [0.15, 0.2) is 5.84 Å². The Kier molecular flexibility index (Phi) is 3.90. The average molecular weight is 278 g/mol. The number of hydrogen-bond acceptors (Lipinski definition) is 4. The summed E-state index contributed by atoms with van der Waals surface area (Å²) in [4.78, 5) is 11.9. The van der Waals surface area contributed by atoms with Gasteiger partial charge in [-0.25, -0.2) is 0 Å². The number of thiophene rings is 1. The van der Waals surface area contributed by atoms with Crippen molar-refractivity contribution in [1.82, 2.24) is 5.32 Å². The Morgan fingerprint density at radius 3 is 2.93 bits per heavy atom. The van der Waals surface area contributed by atoms with E-state index in [-0.39, 0.29) is 18.3 Å². The largest absolute Gasteiger partial charge is 0.409 e. The molecule has 4 N–H and O–H groups in total. The van der Waals surface area contributed by atoms with Gasteiger partial charge in [-0.15, -0.1) is 11.3 Å². The molecule has 0 spiro atoms. The molecule has 0 fully saturated rings. The second-order valence-corrected chi connectivity index (χ2v) is 4.84. The van der Waals surface area contributed by atoms with Gasteiger partial charge < -0.3 is 16.3 Å². The molecule has 1 aromatic heterocycles. The summed E-state index contributed by atoms with van der Waals surface area (Å²) in [5, 5.41) is 13.5. The molecular formula is C7H8BrN3O2S. The molecule has 76 valence electrons. The average Bonchev–Trinajstić information content (AvgIpc) is 2.60. The molecule has 0 saturated heterocycles. The van der Waals surface area contributed by atoms with Crippen molar-refractivity contribution < 1.29 is 10.0 Å². The lowest BCUT2D eigenvalue weighted by atomic mass is 10.4. The third-order valence-corrected chi connectivity index (χ3v) is 2.98. The number of nitrogens with two attached hydrogens (primary N) is 1. The third kappa shape index (κ3) is 3.00. The minimum Gasteiger partial charge on any atom is -0.409 e. The highest BCUT2D eigenvalue weighted by molar-refractivity contribution is 9.11. The Balaban J connectivity index is 2.51. The first-order valence-electron chi connectivity index (χ1n) is 3.63. The summed E-state index contributed by atoms with van der Waals surface area (Å²) in [6.45, 7) is 0.0326. The lowest BCUT2D eigenvalue weighted by molar-refractivity contribution is 0.0963. The number of nitrogens with zero attached hydrogens (tertiary/aromatic N) is 1. The van der Waals surface area contributed by atoms with Crippen LogP contribution in [-0.4, -0.2) is 23.5 Å². The normalized spacial score (nSPS) is 11.4. The van der Waals surface area contributed by atoms with E-state index in [9.17, 15) is 4.79 Å². The number of amides is 1. The van der Waals surface area contributed by atoms with Gasteiger partial charge in [0.1, 0.15) is 0 Å². The second-order valence-electron chi connectivity index (χ2n) is 2.38. The highest BCUT2D eigenvalue weighted by Gasteiger charge is 2.07. The topological polar surface area (TPSA) is 87.7 Å². The van der Waals surface area contributed by atoms with Gasteiger partial charge in [-0.1, -0.05) is 5.16 Å². The fourth-order valence-electron chi connectivity index (χ4n) is 0.730. The van der Waals surface area contributed by atoms with Crippen LogP contribution in [0.5, 0.6) is 0 Å². The Hall–Kier alpha value is -1.08. The third-order valence-electron chi connectivity index (χ3n) is 1.36. The van der Waals surface area contributed by atoms with Gasteiger partial charge in [-0.2, -0.15) is 0 Å². The zero-order valence-electron chi connectivity index (χ0n) is 7.03. The zero-order chi connectivity index (χ0) is 10.6. The van der Waals surface area contributed by atoms with Gasteiger partial charge in [0.05, 0.1) is 15.2 Å². The van der Waals surface area contributed by atoms with Crippen LogP contribution in [0.4, 0.5) is 0 Å². The van der Waals surface area contributed by atoms with Crippen LogP contribution in [0, 0.1) is 0 Å². The number of halogens is 1. The minimum absolute atomic E-state index is 0.0326. The minimum atomic E-state index is -0.243. The van der Waals surface area contributed by atoms with E-state index in [0.29, 0.717) is 4.88 Å². The Morgan fingerprint density at radius 2 is 2.43 bits per heavy atom. The quantitative estimate of drug-likeness (QED) is 0.333. The second kappa shape index (κ2) is 4.97. The van der Waals surface area contributed by atoms with Gasteiger partial charge in [0, 0.05) is 0 Å². The molecule has 5 nitrogen and oxygen atoms in total. The van der Waals surface area contributed by atoms with Gasteiger partial charge in [-0.3, -0.25) is 4.79 Å². The Labute approximate surface area is 92.7 Å². The van der Waals surface area contributed by atoms with Crippen LogP contribution < -0.4 is 11.1 Å². The van der Waals surface area contributed by atoms with E-state index in [4.69, 9.17) is 10.9 Å². The van der Waals surface area contributed by atoms with Crippen molar-refractivity contribution in [3.8, 4) is 0 Å². The summed E-state index contributed by atoms with van der Waals surface area (Å²) in [7, 11) is 0. The van der Waals surface area contributed by atoms with Crippen molar-refractivity contribution in [2.24, 2.45) is 10.9 Å². The van der Waals surface area contributed by atoms with Crippen molar-refractivity contribution in [2.75, 3.05) is 6.54 Å². The van der Waals surface area contributed by atoms with E-state index in [1.54, 1.807) is 12.1 Å². The summed E-state index contributed by atoms with van der Waals surface area (Å²) in [6.07, 6.45) is 0. The molecule has 0 unspecified atom stereocenters. The fraction of sp³-hybridized carbons (Fsp3) is 0.143. The van der Waals surface area contributed by atoms with Crippen molar-refractivity contribution in [3.63, 3.8) is 0 Å². The maximum absolute atomic E-state index is 11.4. The highest BCUT2D eigenvalue weighted by atomic mass is 79.9. The number of carbonyl (C=O) groups is 1. The van der Waals surface area contributed by atoms with Gasteiger partial charge >= 0.3 is 0 Å². The number of hydrogen-bond donors (Lipinski definition) is 3. The van der Waals surface area contributed by atoms with Crippen LogP contribution in [0.15, 0.2) is 21.1 Å². The molecule has 0 atom stereocenters. The van der Waals surface area contributed by atoms with E-state index in [1.165, 1.54) is 11.3 Å². The first-order valence-corrected chi connectivity index (χ1v) is 5.24. The summed E-state index contributed by atoms with van der Waals surface area (Å²) >= 11 is 4.56. The molecule has 0 aliphatic rings. The molecule has 0 aliphatic heterocycles. The molecule has 1 aromatic rings. The van der Waals surface area contributed by atoms with Gasteiger partial charge in [0.2, 0.25) is 0 Å². The highest BCUT2D eigenvalue weighted by Crippen LogP contribution is 2.21. The summed E-state index contributed by atoms with van der Waals surface area (Å²) in [5.74, 6) is -0.277. The molecule has 7 heteroatoms. The van der Waals surface area contributed by atoms with Crippen LogP contribution >= 0.6 is 27.3 Å². The van der Waals surface area contributed by atoms with Crippen molar-refractivity contribution >= 4 is 39.0 Å². The van der Waals surface area contributed by atoms with Crippen LogP contribution in [-0.2, 0) is 0 Å². The first-order chi connectivity index (χ1) is 6.63. The zero-order valence-corrected chi connectivity index (χ0v) is 9.43. The summed E-state index contributed by atoms with van der Waals surface area (Å²) in [6, 6.07) is 3.47. The molecular weight excluding hydrogens is 270 g/mol. The lowest BCUT2D eigenvalue weighted by Gasteiger charge is -2.00. The van der Waals surface area contributed by atoms with E-state index in [2.05, 4.69) is 26.4 Å². The maximum atomic E-state index is 11.4. The smallest absolute Gasteiger partial charge is 0.261 e. The standard InChI is InChI=1S/C7H8BrN3O2S/c8-5-2-1-4(14-5)7(12)10-3-6(9)11-13/h1-2,13H,3H2,(H2,9,11)(H,10,12). The molecule has 0 bridgehead atoms. The molecule has 0 aliphatic carbocycles. The molecule has 1 heterocycles. The Morgan fingerprint density at radius 1 is 1.71 bits per heavy atom. The monoisotopic (exact) mass is 277 g/mol. The van der Waals surface area contributed by atoms with Crippen molar-refractivity contribution in [3.05, 3.63) is 20.8 Å². The van der Waals surface area contributed by atoms with Crippen LogP contribution in [0.3, 0.4) is 0 Å². The van der Waals surface area contributed by atoms with E-state index >= 15 is 0 Å². The van der Waals surface area contributed by atoms with Crippen LogP contribution in [0.2, 0.25) is 0 Å². The molecule has 1 rings (SSSR count). The van der Waals surface area contributed by atoms with Gasteiger partial charge in [0.25, 0.3) is 5.91 Å². The predicted octanol–water partition coefficient (Wildman–Crippen LogP) is 0.987. The van der Waals surface area contributed by atoms with E-state index in [0.717, 1.165) is 3.79 Å². The maximum Gasteiger partial charge on any atom is 0.261 e. The van der Waals surface area contributed by atoms with E-state index < -0.39 is 0 Å². The SMILES string of the molecule is N/C(CNC(=O)c1ccc(Br)s1)=N\O. The van der Waals surface area contributed by atoms with Crippen molar-refractivity contribution in [1.29, 1.82) is 0 Å².